The van der Waals surface area contributed by atoms with Crippen LogP contribution in [0.1, 0.15) is 30.0 Å². The molecule has 0 fully saturated rings. The Hall–Kier alpha value is -1.85. The first-order valence-electron chi connectivity index (χ1n) is 7.31. The number of hydrogen-bond acceptors (Lipinski definition) is 4. The van der Waals surface area contributed by atoms with E-state index in [-0.39, 0.29) is 5.91 Å². The minimum Gasteiger partial charge on any atom is -0.338 e. The van der Waals surface area contributed by atoms with Gasteiger partial charge in [-0.25, -0.2) is 9.97 Å². The Labute approximate surface area is 145 Å². The summed E-state index contributed by atoms with van der Waals surface area (Å²) < 4.78 is 0. The second-order valence-electron chi connectivity index (χ2n) is 4.95. The predicted molar refractivity (Wildman–Crippen MR) is 93.8 cm³/mol. The lowest BCUT2D eigenvalue weighted by atomic mass is 10.3. The number of rotatable bonds is 5. The molecule has 0 unspecified atom stereocenters. The Kier molecular flexibility index (Phi) is 5.80. The molecule has 0 aliphatic rings. The average Bonchev–Trinajstić information content (AvgIpc) is 2.51. The number of nitrogens with zero attached hydrogens (tertiary/aromatic N) is 3. The summed E-state index contributed by atoms with van der Waals surface area (Å²) in [5, 5.41) is 3.95. The van der Waals surface area contributed by atoms with Crippen molar-refractivity contribution in [2.45, 2.75) is 20.8 Å². The number of carbonyl (C=O) groups excluding carboxylic acids is 1. The normalized spacial score (nSPS) is 10.5. The van der Waals surface area contributed by atoms with Gasteiger partial charge in [0.1, 0.15) is 5.69 Å². The Balaban J connectivity index is 2.29. The van der Waals surface area contributed by atoms with Gasteiger partial charge in [0.25, 0.3) is 5.91 Å². The first kappa shape index (κ1) is 17.5. The van der Waals surface area contributed by atoms with Crippen molar-refractivity contribution in [3.05, 3.63) is 45.7 Å². The topological polar surface area (TPSA) is 58.1 Å². The third kappa shape index (κ3) is 4.33. The molecule has 0 aliphatic carbocycles. The number of carbonyl (C=O) groups is 1. The molecule has 0 saturated carbocycles. The largest absolute Gasteiger partial charge is 0.338 e. The van der Waals surface area contributed by atoms with Crippen LogP contribution in [0.2, 0.25) is 10.0 Å². The van der Waals surface area contributed by atoms with Gasteiger partial charge < -0.3 is 10.2 Å². The molecule has 0 radical (unpaired) electrons. The number of aryl methyl sites for hydroxylation is 1. The van der Waals surface area contributed by atoms with Crippen LogP contribution < -0.4 is 5.32 Å². The lowest BCUT2D eigenvalue weighted by Gasteiger charge is -2.18. The van der Waals surface area contributed by atoms with Crippen LogP contribution in [0, 0.1) is 6.92 Å². The van der Waals surface area contributed by atoms with E-state index in [2.05, 4.69) is 15.3 Å². The molecule has 1 amide bonds. The summed E-state index contributed by atoms with van der Waals surface area (Å²) in [6.07, 6.45) is 0. The Morgan fingerprint density at radius 1 is 1.13 bits per heavy atom. The molecule has 0 saturated heterocycles. The van der Waals surface area contributed by atoms with Crippen LogP contribution in [0.4, 0.5) is 11.6 Å². The molecule has 0 aliphatic heterocycles. The van der Waals surface area contributed by atoms with Gasteiger partial charge in [-0.05, 0) is 45.0 Å². The van der Waals surface area contributed by atoms with Gasteiger partial charge in [-0.15, -0.1) is 0 Å². The SMILES string of the molecule is CCN(CC)C(=O)c1cc(C)nc(Nc2ccc(Cl)c(Cl)c2)n1. The molecular weight excluding hydrogens is 335 g/mol. The fourth-order valence-corrected chi connectivity index (χ4v) is 2.41. The highest BCUT2D eigenvalue weighted by molar-refractivity contribution is 6.42. The quantitative estimate of drug-likeness (QED) is 0.870. The van der Waals surface area contributed by atoms with E-state index in [1.54, 1.807) is 29.2 Å². The summed E-state index contributed by atoms with van der Waals surface area (Å²) in [5.41, 5.74) is 1.77. The zero-order chi connectivity index (χ0) is 17.0. The monoisotopic (exact) mass is 352 g/mol. The van der Waals surface area contributed by atoms with Gasteiger partial charge in [-0.3, -0.25) is 4.79 Å². The van der Waals surface area contributed by atoms with Crippen molar-refractivity contribution in [2.24, 2.45) is 0 Å². The highest BCUT2D eigenvalue weighted by Gasteiger charge is 2.16. The summed E-state index contributed by atoms with van der Waals surface area (Å²) in [7, 11) is 0. The van der Waals surface area contributed by atoms with Crippen molar-refractivity contribution >= 4 is 40.7 Å². The molecule has 0 spiro atoms. The van der Waals surface area contributed by atoms with Crippen LogP contribution in [-0.4, -0.2) is 33.9 Å². The number of anilines is 2. The summed E-state index contributed by atoms with van der Waals surface area (Å²) >= 11 is 11.9. The number of amides is 1. The molecule has 7 heteroatoms. The third-order valence-corrected chi connectivity index (χ3v) is 4.04. The van der Waals surface area contributed by atoms with Crippen LogP contribution in [0.3, 0.4) is 0 Å². The predicted octanol–water partition coefficient (Wildman–Crippen LogP) is 4.32. The second-order valence-corrected chi connectivity index (χ2v) is 5.76. The highest BCUT2D eigenvalue weighted by Crippen LogP contribution is 2.26. The van der Waals surface area contributed by atoms with Crippen molar-refractivity contribution in [2.75, 3.05) is 18.4 Å². The van der Waals surface area contributed by atoms with E-state index in [1.807, 2.05) is 20.8 Å². The van der Waals surface area contributed by atoms with Crippen molar-refractivity contribution in [3.63, 3.8) is 0 Å². The van der Waals surface area contributed by atoms with E-state index in [0.717, 1.165) is 0 Å². The van der Waals surface area contributed by atoms with E-state index < -0.39 is 0 Å². The highest BCUT2D eigenvalue weighted by atomic mass is 35.5. The molecule has 0 atom stereocenters. The van der Waals surface area contributed by atoms with Gasteiger partial charge in [0.15, 0.2) is 0 Å². The van der Waals surface area contributed by atoms with Crippen LogP contribution in [0.15, 0.2) is 24.3 Å². The Morgan fingerprint density at radius 3 is 2.43 bits per heavy atom. The van der Waals surface area contributed by atoms with E-state index in [0.29, 0.717) is 46.2 Å². The molecule has 122 valence electrons. The molecule has 23 heavy (non-hydrogen) atoms. The molecule has 2 aromatic rings. The third-order valence-electron chi connectivity index (χ3n) is 3.30. The number of hydrogen-bond donors (Lipinski definition) is 1. The van der Waals surface area contributed by atoms with Crippen LogP contribution in [0.25, 0.3) is 0 Å². The smallest absolute Gasteiger partial charge is 0.272 e. The van der Waals surface area contributed by atoms with Gasteiger partial charge in [0.05, 0.1) is 10.0 Å². The van der Waals surface area contributed by atoms with Crippen LogP contribution in [-0.2, 0) is 0 Å². The molecule has 1 aromatic heterocycles. The summed E-state index contributed by atoms with van der Waals surface area (Å²) in [4.78, 5) is 22.8. The van der Waals surface area contributed by atoms with E-state index in [1.165, 1.54) is 0 Å². The minimum atomic E-state index is -0.113. The van der Waals surface area contributed by atoms with Gasteiger partial charge in [0.2, 0.25) is 5.95 Å². The summed E-state index contributed by atoms with van der Waals surface area (Å²) in [6.45, 7) is 6.96. The Bertz CT molecular complexity index is 717. The lowest BCUT2D eigenvalue weighted by Crippen LogP contribution is -2.31. The first-order chi connectivity index (χ1) is 10.9. The summed E-state index contributed by atoms with van der Waals surface area (Å²) in [5.74, 6) is 0.233. The number of nitrogens with one attached hydrogen (secondary N) is 1. The summed E-state index contributed by atoms with van der Waals surface area (Å²) in [6, 6.07) is 6.82. The second kappa shape index (κ2) is 7.62. The fraction of sp³-hybridized carbons (Fsp3) is 0.312. The maximum atomic E-state index is 12.4. The molecule has 2 rings (SSSR count). The van der Waals surface area contributed by atoms with Crippen LogP contribution >= 0.6 is 23.2 Å². The van der Waals surface area contributed by atoms with Crippen molar-refractivity contribution < 1.29 is 4.79 Å². The van der Waals surface area contributed by atoms with Crippen molar-refractivity contribution in [1.82, 2.24) is 14.9 Å². The van der Waals surface area contributed by atoms with E-state index in [4.69, 9.17) is 23.2 Å². The van der Waals surface area contributed by atoms with Crippen molar-refractivity contribution in [1.29, 1.82) is 0 Å². The fourth-order valence-electron chi connectivity index (χ4n) is 2.11. The zero-order valence-corrected chi connectivity index (χ0v) is 14.7. The molecule has 0 bridgehead atoms. The molecular formula is C16H18Cl2N4O. The van der Waals surface area contributed by atoms with Gasteiger partial charge in [-0.2, -0.15) is 0 Å². The number of aromatic nitrogens is 2. The zero-order valence-electron chi connectivity index (χ0n) is 13.2. The molecule has 1 N–H and O–H groups in total. The maximum Gasteiger partial charge on any atom is 0.272 e. The Morgan fingerprint density at radius 2 is 1.83 bits per heavy atom. The van der Waals surface area contributed by atoms with E-state index >= 15 is 0 Å². The standard InChI is InChI=1S/C16H18Cl2N4O/c1-4-22(5-2)15(23)14-8-10(3)19-16(21-14)20-11-6-7-12(17)13(18)9-11/h6-9H,4-5H2,1-3H3,(H,19,20,21). The van der Waals surface area contributed by atoms with Crippen molar-refractivity contribution in [3.8, 4) is 0 Å². The van der Waals surface area contributed by atoms with Gasteiger partial charge >= 0.3 is 0 Å². The van der Waals surface area contributed by atoms with Gasteiger partial charge in [0, 0.05) is 24.5 Å². The van der Waals surface area contributed by atoms with Crippen LogP contribution in [0.5, 0.6) is 0 Å². The average molecular weight is 353 g/mol. The van der Waals surface area contributed by atoms with Gasteiger partial charge in [-0.1, -0.05) is 23.2 Å². The van der Waals surface area contributed by atoms with E-state index in [9.17, 15) is 4.79 Å². The number of benzene rings is 1. The first-order valence-corrected chi connectivity index (χ1v) is 8.07. The molecule has 1 aromatic carbocycles. The minimum absolute atomic E-state index is 0.113. The maximum absolute atomic E-state index is 12.4. The lowest BCUT2D eigenvalue weighted by molar-refractivity contribution is 0.0767. The molecule has 5 nitrogen and oxygen atoms in total. The molecule has 1 heterocycles. The number of halogens is 2.